The van der Waals surface area contributed by atoms with Crippen LogP contribution in [0.4, 0.5) is 0 Å². The average Bonchev–Trinajstić information content (AvgIpc) is 2.96. The minimum Gasteiger partial charge on any atom is -0.369 e. The van der Waals surface area contributed by atoms with Crippen LogP contribution in [0.25, 0.3) is 10.9 Å². The summed E-state index contributed by atoms with van der Waals surface area (Å²) in [4.78, 5) is 29.5. The highest BCUT2D eigenvalue weighted by molar-refractivity contribution is 5.93. The molecule has 0 bridgehead atoms. The first-order valence-electron chi connectivity index (χ1n) is 9.72. The lowest BCUT2D eigenvalue weighted by molar-refractivity contribution is -0.124. The van der Waals surface area contributed by atoms with E-state index in [1.807, 2.05) is 6.92 Å². The van der Waals surface area contributed by atoms with Gasteiger partial charge in [0.25, 0.3) is 0 Å². The number of H-pyrrole nitrogens is 1. The first kappa shape index (κ1) is 19.4. The molecule has 0 spiro atoms. The third-order valence-electron chi connectivity index (χ3n) is 5.68. The van der Waals surface area contributed by atoms with Crippen molar-refractivity contribution in [3.63, 3.8) is 0 Å². The van der Waals surface area contributed by atoms with Crippen LogP contribution in [0.2, 0.25) is 0 Å². The van der Waals surface area contributed by atoms with Crippen LogP contribution in [-0.2, 0) is 16.0 Å². The van der Waals surface area contributed by atoms with Gasteiger partial charge in [-0.3, -0.25) is 9.59 Å². The molecule has 2 aromatic rings. The molecule has 1 aliphatic rings. The van der Waals surface area contributed by atoms with Gasteiger partial charge in [-0.1, -0.05) is 12.1 Å². The quantitative estimate of drug-likeness (QED) is 0.726. The second-order valence-corrected chi connectivity index (χ2v) is 7.75. The van der Waals surface area contributed by atoms with E-state index < -0.39 is 0 Å². The van der Waals surface area contributed by atoms with Gasteiger partial charge in [0.05, 0.1) is 12.3 Å². The first-order chi connectivity index (χ1) is 12.9. The SMILES string of the molecule is Cc1[nH]c2c(C)ccc(C)c2c1CC(=O)NCCN1CCCC(C(N)=O)C1. The van der Waals surface area contributed by atoms with Crippen molar-refractivity contribution in [3.8, 4) is 0 Å². The molecule has 0 saturated carbocycles. The second-order valence-electron chi connectivity index (χ2n) is 7.75. The molecule has 3 rings (SSSR count). The Morgan fingerprint density at radius 3 is 2.74 bits per heavy atom. The van der Waals surface area contributed by atoms with Crippen LogP contribution >= 0.6 is 0 Å². The molecule has 1 aromatic heterocycles. The van der Waals surface area contributed by atoms with Crippen molar-refractivity contribution in [2.24, 2.45) is 11.7 Å². The fourth-order valence-electron chi connectivity index (χ4n) is 4.10. The number of hydrogen-bond donors (Lipinski definition) is 3. The van der Waals surface area contributed by atoms with Gasteiger partial charge in [-0.05, 0) is 56.8 Å². The van der Waals surface area contributed by atoms with Gasteiger partial charge >= 0.3 is 0 Å². The number of nitrogens with zero attached hydrogens (tertiary/aromatic N) is 1. The Bertz CT molecular complexity index is 855. The largest absolute Gasteiger partial charge is 0.369 e. The van der Waals surface area contributed by atoms with Gasteiger partial charge in [0.1, 0.15) is 0 Å². The maximum absolute atomic E-state index is 12.5. The van der Waals surface area contributed by atoms with Crippen LogP contribution in [0.15, 0.2) is 12.1 Å². The maximum Gasteiger partial charge on any atom is 0.224 e. The van der Waals surface area contributed by atoms with Gasteiger partial charge in [-0.15, -0.1) is 0 Å². The number of piperidine rings is 1. The van der Waals surface area contributed by atoms with Gasteiger partial charge in [-0.2, -0.15) is 0 Å². The minimum absolute atomic E-state index is 0.0309. The van der Waals surface area contributed by atoms with Crippen LogP contribution in [0, 0.1) is 26.7 Å². The molecule has 1 atom stereocenters. The summed E-state index contributed by atoms with van der Waals surface area (Å²) in [5.41, 5.74) is 11.1. The maximum atomic E-state index is 12.5. The molecule has 6 nitrogen and oxygen atoms in total. The Balaban J connectivity index is 1.57. The number of carbonyl (C=O) groups excluding carboxylic acids is 2. The highest BCUT2D eigenvalue weighted by atomic mass is 16.2. The molecule has 146 valence electrons. The van der Waals surface area contributed by atoms with E-state index in [0.29, 0.717) is 19.5 Å². The lowest BCUT2D eigenvalue weighted by Gasteiger charge is -2.31. The number of amides is 2. The number of hydrogen-bond acceptors (Lipinski definition) is 3. The van der Waals surface area contributed by atoms with Crippen LogP contribution in [0.5, 0.6) is 0 Å². The molecule has 2 heterocycles. The molecule has 0 aliphatic carbocycles. The summed E-state index contributed by atoms with van der Waals surface area (Å²) in [6.45, 7) is 9.19. The lowest BCUT2D eigenvalue weighted by atomic mass is 9.97. The van der Waals surface area contributed by atoms with Gasteiger partial charge in [0.15, 0.2) is 0 Å². The topological polar surface area (TPSA) is 91.2 Å². The predicted octanol–water partition coefficient (Wildman–Crippen LogP) is 1.95. The van der Waals surface area contributed by atoms with E-state index in [1.54, 1.807) is 0 Å². The molecule has 1 saturated heterocycles. The van der Waals surface area contributed by atoms with Gasteiger partial charge in [0.2, 0.25) is 11.8 Å². The molecule has 27 heavy (non-hydrogen) atoms. The molecule has 1 unspecified atom stereocenters. The number of fused-ring (bicyclic) bond motifs is 1. The van der Waals surface area contributed by atoms with Crippen molar-refractivity contribution in [1.82, 2.24) is 15.2 Å². The number of nitrogens with two attached hydrogens (primary N) is 1. The molecule has 0 radical (unpaired) electrons. The third-order valence-corrected chi connectivity index (χ3v) is 5.68. The smallest absolute Gasteiger partial charge is 0.224 e. The van der Waals surface area contributed by atoms with E-state index in [9.17, 15) is 9.59 Å². The standard InChI is InChI=1S/C21H30N4O2/c1-13-6-7-14(2)20-19(13)17(15(3)24-20)11-18(26)23-8-10-25-9-4-5-16(12-25)21(22)27/h6-7,16,24H,4-5,8-12H2,1-3H3,(H2,22,27)(H,23,26). The number of nitrogens with one attached hydrogen (secondary N) is 2. The van der Waals surface area contributed by atoms with Gasteiger partial charge < -0.3 is 20.9 Å². The predicted molar refractivity (Wildman–Crippen MR) is 108 cm³/mol. The molecule has 4 N–H and O–H groups in total. The van der Waals surface area contributed by atoms with E-state index in [4.69, 9.17) is 5.73 Å². The van der Waals surface area contributed by atoms with Gasteiger partial charge in [-0.25, -0.2) is 0 Å². The summed E-state index contributed by atoms with van der Waals surface area (Å²) in [7, 11) is 0. The zero-order valence-corrected chi connectivity index (χ0v) is 16.5. The normalized spacial score (nSPS) is 18.0. The summed E-state index contributed by atoms with van der Waals surface area (Å²) < 4.78 is 0. The Labute approximate surface area is 160 Å². The zero-order valence-electron chi connectivity index (χ0n) is 16.5. The Morgan fingerprint density at radius 2 is 2.00 bits per heavy atom. The number of carbonyl (C=O) groups is 2. The number of rotatable bonds is 6. The van der Waals surface area contributed by atoms with E-state index in [-0.39, 0.29) is 17.7 Å². The van der Waals surface area contributed by atoms with Crippen molar-refractivity contribution in [2.45, 2.75) is 40.0 Å². The van der Waals surface area contributed by atoms with E-state index in [1.165, 1.54) is 16.5 Å². The molecule has 1 aromatic carbocycles. The van der Waals surface area contributed by atoms with Crippen molar-refractivity contribution < 1.29 is 9.59 Å². The highest BCUT2D eigenvalue weighted by Crippen LogP contribution is 2.28. The third kappa shape index (κ3) is 4.33. The summed E-state index contributed by atoms with van der Waals surface area (Å²) >= 11 is 0. The van der Waals surface area contributed by atoms with Crippen LogP contribution in [0.1, 0.15) is 35.2 Å². The van der Waals surface area contributed by atoms with E-state index in [0.717, 1.165) is 42.7 Å². The highest BCUT2D eigenvalue weighted by Gasteiger charge is 2.23. The lowest BCUT2D eigenvalue weighted by Crippen LogP contribution is -2.44. The number of aryl methyl sites for hydroxylation is 3. The van der Waals surface area contributed by atoms with E-state index >= 15 is 0 Å². The zero-order chi connectivity index (χ0) is 19.6. The van der Waals surface area contributed by atoms with Crippen molar-refractivity contribution in [3.05, 3.63) is 34.5 Å². The fraction of sp³-hybridized carbons (Fsp3) is 0.524. The number of likely N-dealkylation sites (tertiary alicyclic amines) is 1. The van der Waals surface area contributed by atoms with Crippen molar-refractivity contribution >= 4 is 22.7 Å². The summed E-state index contributed by atoms with van der Waals surface area (Å²) in [6.07, 6.45) is 2.23. The molecular weight excluding hydrogens is 340 g/mol. The Kier molecular flexibility index (Phi) is 5.85. The molecular formula is C21H30N4O2. The Hall–Kier alpha value is -2.34. The van der Waals surface area contributed by atoms with E-state index in [2.05, 4.69) is 41.2 Å². The number of aromatic amines is 1. The monoisotopic (exact) mass is 370 g/mol. The van der Waals surface area contributed by atoms with Crippen molar-refractivity contribution in [1.29, 1.82) is 0 Å². The Morgan fingerprint density at radius 1 is 1.26 bits per heavy atom. The number of benzene rings is 1. The summed E-state index contributed by atoms with van der Waals surface area (Å²) in [5.74, 6) is -0.248. The fourth-order valence-corrected chi connectivity index (χ4v) is 4.10. The minimum atomic E-state index is -0.218. The molecule has 1 fully saturated rings. The van der Waals surface area contributed by atoms with Gasteiger partial charge in [0, 0.05) is 36.2 Å². The van der Waals surface area contributed by atoms with Crippen molar-refractivity contribution in [2.75, 3.05) is 26.2 Å². The first-order valence-corrected chi connectivity index (χ1v) is 9.72. The molecule has 2 amide bonds. The molecule has 1 aliphatic heterocycles. The summed E-state index contributed by atoms with van der Waals surface area (Å²) in [5, 5.41) is 4.20. The van der Waals surface area contributed by atoms with Crippen LogP contribution in [0.3, 0.4) is 0 Å². The number of aromatic nitrogens is 1. The number of primary amides is 1. The molecule has 6 heteroatoms. The summed E-state index contributed by atoms with van der Waals surface area (Å²) in [6, 6.07) is 4.22. The van der Waals surface area contributed by atoms with Crippen LogP contribution < -0.4 is 11.1 Å². The second kappa shape index (κ2) is 8.13. The van der Waals surface area contributed by atoms with Crippen LogP contribution in [-0.4, -0.2) is 47.9 Å². The average molecular weight is 370 g/mol.